The third kappa shape index (κ3) is 8.18. The summed E-state index contributed by atoms with van der Waals surface area (Å²) in [4.78, 5) is 23.6. The molecule has 0 aliphatic heterocycles. The highest BCUT2D eigenvalue weighted by molar-refractivity contribution is 6.35. The van der Waals surface area contributed by atoms with Crippen LogP contribution in [0.4, 0.5) is 0 Å². The molecule has 1 amide bonds. The standard InChI is InChI=1S/C21H24Cl3N3O4/c1-3-30-10-4-9-25-19(28)13-31-20(29)8-7-17-14(2)26-27(21(17)24)12-15-5-6-16(22)11-18(15)23/h5-8,11H,3-4,9-10,12-13H2,1-2H3,(H,25,28)/b8-7+. The number of nitrogens with zero attached hydrogens (tertiary/aromatic N) is 2. The number of ether oxygens (including phenoxy) is 2. The molecule has 0 unspecified atom stereocenters. The SMILES string of the molecule is CCOCCCNC(=O)COC(=O)/C=C/c1c(C)nn(Cc2ccc(Cl)cc2Cl)c1Cl. The highest BCUT2D eigenvalue weighted by Gasteiger charge is 2.13. The summed E-state index contributed by atoms with van der Waals surface area (Å²) in [5.41, 5.74) is 2.01. The molecule has 1 aromatic carbocycles. The van der Waals surface area contributed by atoms with Crippen molar-refractivity contribution < 1.29 is 19.1 Å². The van der Waals surface area contributed by atoms with Crippen LogP contribution in [0, 0.1) is 6.92 Å². The molecule has 168 valence electrons. The predicted molar refractivity (Wildman–Crippen MR) is 122 cm³/mol. The lowest BCUT2D eigenvalue weighted by Crippen LogP contribution is -2.29. The van der Waals surface area contributed by atoms with E-state index < -0.39 is 5.97 Å². The Bertz CT molecular complexity index is 944. The van der Waals surface area contributed by atoms with Gasteiger partial charge in [-0.05, 0) is 44.0 Å². The summed E-state index contributed by atoms with van der Waals surface area (Å²) in [5.74, 6) is -1.03. The normalized spacial score (nSPS) is 11.1. The molecule has 2 rings (SSSR count). The Morgan fingerprint density at radius 3 is 2.74 bits per heavy atom. The van der Waals surface area contributed by atoms with E-state index in [0.29, 0.717) is 59.2 Å². The lowest BCUT2D eigenvalue weighted by Gasteiger charge is -2.06. The second kappa shape index (κ2) is 12.7. The van der Waals surface area contributed by atoms with E-state index in [-0.39, 0.29) is 12.5 Å². The van der Waals surface area contributed by atoms with E-state index in [9.17, 15) is 9.59 Å². The van der Waals surface area contributed by atoms with Crippen LogP contribution in [-0.2, 0) is 25.6 Å². The zero-order valence-electron chi connectivity index (χ0n) is 17.3. The van der Waals surface area contributed by atoms with Crippen molar-refractivity contribution in [2.75, 3.05) is 26.4 Å². The molecule has 31 heavy (non-hydrogen) atoms. The number of nitrogens with one attached hydrogen (secondary N) is 1. The number of amides is 1. The number of hydrogen-bond donors (Lipinski definition) is 1. The first kappa shape index (κ1) is 25.2. The summed E-state index contributed by atoms with van der Waals surface area (Å²) in [5, 5.41) is 8.44. The van der Waals surface area contributed by atoms with Gasteiger partial charge < -0.3 is 14.8 Å². The highest BCUT2D eigenvalue weighted by atomic mass is 35.5. The van der Waals surface area contributed by atoms with Gasteiger partial charge in [-0.2, -0.15) is 5.10 Å². The van der Waals surface area contributed by atoms with Crippen molar-refractivity contribution >= 4 is 52.8 Å². The molecule has 0 spiro atoms. The van der Waals surface area contributed by atoms with Crippen LogP contribution >= 0.6 is 34.8 Å². The summed E-state index contributed by atoms with van der Waals surface area (Å²) >= 11 is 18.6. The van der Waals surface area contributed by atoms with E-state index in [1.807, 2.05) is 6.92 Å². The predicted octanol–water partition coefficient (Wildman–Crippen LogP) is 4.30. The molecule has 2 aromatic rings. The van der Waals surface area contributed by atoms with Gasteiger partial charge >= 0.3 is 5.97 Å². The summed E-state index contributed by atoms with van der Waals surface area (Å²) < 4.78 is 11.7. The average molecular weight is 489 g/mol. The Balaban J connectivity index is 1.89. The minimum absolute atomic E-state index is 0.345. The third-order valence-corrected chi connectivity index (χ3v) is 5.15. The molecular weight excluding hydrogens is 465 g/mol. The lowest BCUT2D eigenvalue weighted by molar-refractivity contribution is -0.143. The smallest absolute Gasteiger partial charge is 0.331 e. The molecule has 0 fully saturated rings. The molecule has 0 saturated heterocycles. The molecule has 1 heterocycles. The van der Waals surface area contributed by atoms with Crippen molar-refractivity contribution in [3.8, 4) is 0 Å². The first-order valence-electron chi connectivity index (χ1n) is 9.68. The van der Waals surface area contributed by atoms with Gasteiger partial charge in [0.05, 0.1) is 12.2 Å². The minimum Gasteiger partial charge on any atom is -0.452 e. The van der Waals surface area contributed by atoms with Crippen molar-refractivity contribution in [1.82, 2.24) is 15.1 Å². The Morgan fingerprint density at radius 2 is 2.03 bits per heavy atom. The van der Waals surface area contributed by atoms with Crippen LogP contribution in [0.5, 0.6) is 0 Å². The van der Waals surface area contributed by atoms with E-state index in [1.165, 1.54) is 12.2 Å². The van der Waals surface area contributed by atoms with Crippen molar-refractivity contribution in [1.29, 1.82) is 0 Å². The fourth-order valence-electron chi connectivity index (χ4n) is 2.61. The molecule has 10 heteroatoms. The number of rotatable bonds is 11. The van der Waals surface area contributed by atoms with Crippen molar-refractivity contribution in [2.24, 2.45) is 0 Å². The molecular formula is C21H24Cl3N3O4. The largest absolute Gasteiger partial charge is 0.452 e. The van der Waals surface area contributed by atoms with Gasteiger partial charge in [0.2, 0.25) is 0 Å². The molecule has 0 bridgehead atoms. The number of benzene rings is 1. The summed E-state index contributed by atoms with van der Waals surface area (Å²) in [6, 6.07) is 5.18. The average Bonchev–Trinajstić information content (AvgIpc) is 2.99. The monoisotopic (exact) mass is 487 g/mol. The van der Waals surface area contributed by atoms with E-state index in [4.69, 9.17) is 44.3 Å². The van der Waals surface area contributed by atoms with Gasteiger partial charge in [0.1, 0.15) is 5.15 Å². The Kier molecular flexibility index (Phi) is 10.3. The summed E-state index contributed by atoms with van der Waals surface area (Å²) in [6.45, 7) is 5.31. The highest BCUT2D eigenvalue weighted by Crippen LogP contribution is 2.26. The Hall–Kier alpha value is -2.06. The quantitative estimate of drug-likeness (QED) is 0.290. The Morgan fingerprint density at radius 1 is 1.26 bits per heavy atom. The van der Waals surface area contributed by atoms with Gasteiger partial charge in [-0.25, -0.2) is 9.48 Å². The molecule has 0 saturated carbocycles. The van der Waals surface area contributed by atoms with Crippen LogP contribution in [0.2, 0.25) is 15.2 Å². The fraction of sp³-hybridized carbons (Fsp3) is 0.381. The molecule has 0 aliphatic rings. The van der Waals surface area contributed by atoms with Crippen LogP contribution in [0.15, 0.2) is 24.3 Å². The van der Waals surface area contributed by atoms with E-state index >= 15 is 0 Å². The zero-order valence-corrected chi connectivity index (χ0v) is 19.6. The molecule has 0 radical (unpaired) electrons. The molecule has 1 aromatic heterocycles. The van der Waals surface area contributed by atoms with E-state index in [1.54, 1.807) is 29.8 Å². The number of halogens is 3. The number of aryl methyl sites for hydroxylation is 1. The first-order chi connectivity index (χ1) is 14.8. The van der Waals surface area contributed by atoms with Gasteiger partial charge in [0.15, 0.2) is 6.61 Å². The van der Waals surface area contributed by atoms with Crippen LogP contribution in [0.25, 0.3) is 6.08 Å². The van der Waals surface area contributed by atoms with E-state index in [0.717, 1.165) is 5.56 Å². The van der Waals surface area contributed by atoms with Crippen LogP contribution < -0.4 is 5.32 Å². The van der Waals surface area contributed by atoms with Gasteiger partial charge in [0, 0.05) is 41.4 Å². The van der Waals surface area contributed by atoms with Gasteiger partial charge in [-0.1, -0.05) is 40.9 Å². The van der Waals surface area contributed by atoms with Crippen LogP contribution in [0.1, 0.15) is 30.2 Å². The van der Waals surface area contributed by atoms with Crippen molar-refractivity contribution in [2.45, 2.75) is 26.8 Å². The van der Waals surface area contributed by atoms with Crippen LogP contribution in [-0.4, -0.2) is 48.0 Å². The third-order valence-electron chi connectivity index (χ3n) is 4.17. The maximum atomic E-state index is 11.9. The number of esters is 1. The second-order valence-electron chi connectivity index (χ2n) is 6.52. The summed E-state index contributed by atoms with van der Waals surface area (Å²) in [6.07, 6.45) is 3.40. The van der Waals surface area contributed by atoms with Crippen molar-refractivity contribution in [3.05, 3.63) is 56.3 Å². The van der Waals surface area contributed by atoms with Gasteiger partial charge in [-0.15, -0.1) is 0 Å². The molecule has 0 atom stereocenters. The van der Waals surface area contributed by atoms with Crippen LogP contribution in [0.3, 0.4) is 0 Å². The molecule has 0 aliphatic carbocycles. The van der Waals surface area contributed by atoms with Gasteiger partial charge in [0.25, 0.3) is 5.91 Å². The number of carbonyl (C=O) groups is 2. The number of hydrogen-bond acceptors (Lipinski definition) is 5. The summed E-state index contributed by atoms with van der Waals surface area (Å²) in [7, 11) is 0. The maximum Gasteiger partial charge on any atom is 0.331 e. The second-order valence-corrected chi connectivity index (χ2v) is 7.73. The zero-order chi connectivity index (χ0) is 22.8. The van der Waals surface area contributed by atoms with Gasteiger partial charge in [-0.3, -0.25) is 4.79 Å². The topological polar surface area (TPSA) is 82.4 Å². The minimum atomic E-state index is -0.659. The molecule has 1 N–H and O–H groups in total. The Labute approximate surface area is 196 Å². The lowest BCUT2D eigenvalue weighted by atomic mass is 10.2. The maximum absolute atomic E-state index is 11.9. The van der Waals surface area contributed by atoms with Crippen molar-refractivity contribution in [3.63, 3.8) is 0 Å². The first-order valence-corrected chi connectivity index (χ1v) is 10.8. The number of carbonyl (C=O) groups excluding carboxylic acids is 2. The van der Waals surface area contributed by atoms with E-state index in [2.05, 4.69) is 10.4 Å². The fourth-order valence-corrected chi connectivity index (χ4v) is 3.37. The number of aromatic nitrogens is 2. The molecule has 7 nitrogen and oxygen atoms in total.